The number of aromatic amines is 1. The summed E-state index contributed by atoms with van der Waals surface area (Å²) < 4.78 is 0. The van der Waals surface area contributed by atoms with Crippen LogP contribution in [0.25, 0.3) is 11.2 Å². The summed E-state index contributed by atoms with van der Waals surface area (Å²) in [5.74, 6) is 1.64. The molecule has 0 aromatic carbocycles. The summed E-state index contributed by atoms with van der Waals surface area (Å²) in [7, 11) is 1.90. The molecule has 0 unspecified atom stereocenters. The predicted octanol–water partition coefficient (Wildman–Crippen LogP) is 1.97. The van der Waals surface area contributed by atoms with Crippen molar-refractivity contribution in [2.45, 2.75) is 44.6 Å². The minimum atomic E-state index is 0.207. The zero-order valence-electron chi connectivity index (χ0n) is 14.1. The molecule has 4 rings (SSSR count). The van der Waals surface area contributed by atoms with Gasteiger partial charge < -0.3 is 14.8 Å². The Labute approximate surface area is 141 Å². The number of hydrogen-bond donors (Lipinski definition) is 1. The molecule has 1 amide bonds. The fourth-order valence-corrected chi connectivity index (χ4v) is 4.34. The van der Waals surface area contributed by atoms with Gasteiger partial charge in [0.2, 0.25) is 5.91 Å². The van der Waals surface area contributed by atoms with E-state index in [0.29, 0.717) is 24.2 Å². The van der Waals surface area contributed by atoms with E-state index in [4.69, 9.17) is 0 Å². The lowest BCUT2D eigenvalue weighted by atomic mass is 9.96. The summed E-state index contributed by atoms with van der Waals surface area (Å²) >= 11 is 0. The molecule has 0 spiro atoms. The van der Waals surface area contributed by atoms with E-state index >= 15 is 0 Å². The first-order valence-electron chi connectivity index (χ1n) is 8.88. The van der Waals surface area contributed by atoms with Crippen LogP contribution in [-0.4, -0.2) is 56.9 Å². The lowest BCUT2D eigenvalue weighted by Gasteiger charge is -2.31. The van der Waals surface area contributed by atoms with Crippen molar-refractivity contribution in [2.24, 2.45) is 5.92 Å². The van der Waals surface area contributed by atoms with Gasteiger partial charge in [-0.25, -0.2) is 15.0 Å². The van der Waals surface area contributed by atoms with E-state index < -0.39 is 0 Å². The molecule has 2 aromatic heterocycles. The third-order valence-corrected chi connectivity index (χ3v) is 5.50. The number of nitrogens with one attached hydrogen (secondary N) is 1. The van der Waals surface area contributed by atoms with Gasteiger partial charge in [-0.15, -0.1) is 0 Å². The predicted molar refractivity (Wildman–Crippen MR) is 91.6 cm³/mol. The highest BCUT2D eigenvalue weighted by atomic mass is 16.2. The molecule has 1 aliphatic heterocycles. The molecule has 1 saturated heterocycles. The van der Waals surface area contributed by atoms with Gasteiger partial charge in [-0.3, -0.25) is 4.79 Å². The average Bonchev–Trinajstić information content (AvgIpc) is 3.32. The molecule has 0 bridgehead atoms. The first-order chi connectivity index (χ1) is 11.7. The molecule has 1 aliphatic carbocycles. The lowest BCUT2D eigenvalue weighted by molar-refractivity contribution is -0.131. The number of anilines is 1. The first kappa shape index (κ1) is 15.4. The van der Waals surface area contributed by atoms with Crippen LogP contribution in [0.4, 0.5) is 5.82 Å². The molecule has 1 saturated carbocycles. The number of likely N-dealkylation sites (N-methyl/N-ethyl adjacent to an activating group) is 1. The second-order valence-corrected chi connectivity index (χ2v) is 7.00. The van der Waals surface area contributed by atoms with Crippen molar-refractivity contribution in [3.8, 4) is 0 Å². The number of H-pyrrole nitrogens is 1. The average molecular weight is 328 g/mol. The SMILES string of the molecule is CN(CC(=O)N1CCC[C@@H]1C1CCCC1)c1ncnc2nc[nH]c12. The Morgan fingerprint density at radius 3 is 2.92 bits per heavy atom. The third kappa shape index (κ3) is 2.72. The quantitative estimate of drug-likeness (QED) is 0.928. The fourth-order valence-electron chi connectivity index (χ4n) is 4.34. The van der Waals surface area contributed by atoms with E-state index in [1.165, 1.54) is 38.4 Å². The molecule has 2 fully saturated rings. The summed E-state index contributed by atoms with van der Waals surface area (Å²) in [5.41, 5.74) is 1.41. The van der Waals surface area contributed by atoms with E-state index in [0.717, 1.165) is 24.3 Å². The molecular formula is C17H24N6O. The van der Waals surface area contributed by atoms with Crippen LogP contribution in [-0.2, 0) is 4.79 Å². The van der Waals surface area contributed by atoms with Gasteiger partial charge in [-0.05, 0) is 31.6 Å². The molecule has 1 N–H and O–H groups in total. The summed E-state index contributed by atoms with van der Waals surface area (Å²) in [6, 6.07) is 0.450. The molecule has 2 aliphatic rings. The zero-order valence-corrected chi connectivity index (χ0v) is 14.1. The number of imidazole rings is 1. The number of amides is 1. The summed E-state index contributed by atoms with van der Waals surface area (Å²) in [4.78, 5) is 32.6. The van der Waals surface area contributed by atoms with Crippen LogP contribution in [0.15, 0.2) is 12.7 Å². The molecule has 0 radical (unpaired) electrons. The maximum atomic E-state index is 12.9. The van der Waals surface area contributed by atoms with Gasteiger partial charge in [-0.2, -0.15) is 0 Å². The number of carbonyl (C=O) groups is 1. The Morgan fingerprint density at radius 2 is 2.08 bits per heavy atom. The monoisotopic (exact) mass is 328 g/mol. The number of nitrogens with zero attached hydrogens (tertiary/aromatic N) is 5. The lowest BCUT2D eigenvalue weighted by Crippen LogP contribution is -2.44. The normalized spacial score (nSPS) is 21.7. The van der Waals surface area contributed by atoms with E-state index in [2.05, 4.69) is 24.8 Å². The Bertz CT molecular complexity index is 723. The van der Waals surface area contributed by atoms with Crippen molar-refractivity contribution < 1.29 is 4.79 Å². The summed E-state index contributed by atoms with van der Waals surface area (Å²) in [6.07, 6.45) is 10.6. The third-order valence-electron chi connectivity index (χ3n) is 5.50. The van der Waals surface area contributed by atoms with E-state index in [9.17, 15) is 4.79 Å². The standard InChI is InChI=1S/C17H24N6O/c1-22(17-15-16(19-10-18-15)20-11-21-17)9-14(24)23-8-4-7-13(23)12-5-2-3-6-12/h10-13H,2-9H2,1H3,(H,18,19,20,21)/t13-/m1/s1. The van der Waals surface area contributed by atoms with Crippen molar-refractivity contribution in [3.63, 3.8) is 0 Å². The summed E-state index contributed by atoms with van der Waals surface area (Å²) in [6.45, 7) is 1.24. The van der Waals surface area contributed by atoms with Gasteiger partial charge in [0.15, 0.2) is 11.5 Å². The highest BCUT2D eigenvalue weighted by molar-refractivity contribution is 5.87. The zero-order chi connectivity index (χ0) is 16.5. The van der Waals surface area contributed by atoms with Crippen LogP contribution in [0.1, 0.15) is 38.5 Å². The number of hydrogen-bond acceptors (Lipinski definition) is 5. The fraction of sp³-hybridized carbons (Fsp3) is 0.647. The number of aromatic nitrogens is 4. The molecule has 7 heteroatoms. The Morgan fingerprint density at radius 1 is 1.25 bits per heavy atom. The van der Waals surface area contributed by atoms with Crippen LogP contribution in [0.2, 0.25) is 0 Å². The highest BCUT2D eigenvalue weighted by Gasteiger charge is 2.36. The van der Waals surface area contributed by atoms with Crippen molar-refractivity contribution in [3.05, 3.63) is 12.7 Å². The van der Waals surface area contributed by atoms with Gasteiger partial charge in [-0.1, -0.05) is 12.8 Å². The highest BCUT2D eigenvalue weighted by Crippen LogP contribution is 2.35. The second kappa shape index (κ2) is 6.37. The summed E-state index contributed by atoms with van der Waals surface area (Å²) in [5, 5.41) is 0. The topological polar surface area (TPSA) is 78.0 Å². The largest absolute Gasteiger partial charge is 0.348 e. The maximum absolute atomic E-state index is 12.9. The number of rotatable bonds is 4. The molecule has 2 aromatic rings. The molecular weight excluding hydrogens is 304 g/mol. The van der Waals surface area contributed by atoms with Gasteiger partial charge in [0.25, 0.3) is 0 Å². The van der Waals surface area contributed by atoms with E-state index in [1.54, 1.807) is 6.33 Å². The van der Waals surface area contributed by atoms with Crippen LogP contribution < -0.4 is 4.90 Å². The maximum Gasteiger partial charge on any atom is 0.242 e. The van der Waals surface area contributed by atoms with Gasteiger partial charge in [0.05, 0.1) is 12.9 Å². The smallest absolute Gasteiger partial charge is 0.242 e. The molecule has 24 heavy (non-hydrogen) atoms. The Hall–Kier alpha value is -2.18. The van der Waals surface area contributed by atoms with Gasteiger partial charge >= 0.3 is 0 Å². The van der Waals surface area contributed by atoms with Gasteiger partial charge in [0.1, 0.15) is 11.8 Å². The van der Waals surface area contributed by atoms with Crippen LogP contribution in [0, 0.1) is 5.92 Å². The molecule has 1 atom stereocenters. The van der Waals surface area contributed by atoms with Crippen molar-refractivity contribution in [2.75, 3.05) is 25.0 Å². The van der Waals surface area contributed by atoms with Crippen LogP contribution >= 0.6 is 0 Å². The minimum Gasteiger partial charge on any atom is -0.348 e. The molecule has 3 heterocycles. The van der Waals surface area contributed by atoms with E-state index in [1.807, 2.05) is 11.9 Å². The van der Waals surface area contributed by atoms with Gasteiger partial charge in [0, 0.05) is 19.6 Å². The van der Waals surface area contributed by atoms with Crippen LogP contribution in [0.5, 0.6) is 0 Å². The van der Waals surface area contributed by atoms with Crippen molar-refractivity contribution in [1.29, 1.82) is 0 Å². The molecule has 128 valence electrons. The number of carbonyl (C=O) groups excluding carboxylic acids is 1. The van der Waals surface area contributed by atoms with E-state index in [-0.39, 0.29) is 5.91 Å². The van der Waals surface area contributed by atoms with Crippen molar-refractivity contribution in [1.82, 2.24) is 24.8 Å². The first-order valence-corrected chi connectivity index (χ1v) is 8.88. The minimum absolute atomic E-state index is 0.207. The number of likely N-dealkylation sites (tertiary alicyclic amines) is 1. The van der Waals surface area contributed by atoms with Crippen molar-refractivity contribution >= 4 is 22.9 Å². The second-order valence-electron chi connectivity index (χ2n) is 7.00. The number of fused-ring (bicyclic) bond motifs is 1. The van der Waals surface area contributed by atoms with Crippen LogP contribution in [0.3, 0.4) is 0 Å². The Kier molecular flexibility index (Phi) is 4.08. The molecule has 7 nitrogen and oxygen atoms in total. The Balaban J connectivity index is 1.48.